The maximum Gasteiger partial charge on any atom is 0.249 e. The van der Waals surface area contributed by atoms with Crippen molar-refractivity contribution < 1.29 is 9.59 Å². The molecule has 3 rings (SSSR count). The van der Waals surface area contributed by atoms with E-state index in [9.17, 15) is 9.59 Å². The van der Waals surface area contributed by atoms with E-state index in [0.717, 1.165) is 17.5 Å². The Labute approximate surface area is 199 Å². The highest BCUT2D eigenvalue weighted by molar-refractivity contribution is 7.98. The molecule has 0 radical (unpaired) electrons. The number of amides is 2. The SMILES string of the molecule is CCc1ccccc1SCc1ccc(NC(=O)C(CC)c2ccc(C#N)cc2)cc1C(N)=O. The quantitative estimate of drug-likeness (QED) is 0.406. The average Bonchev–Trinajstić information content (AvgIpc) is 2.84. The number of nitrogens with one attached hydrogen (secondary N) is 1. The first kappa shape index (κ1) is 24.1. The van der Waals surface area contributed by atoms with Gasteiger partial charge in [0.15, 0.2) is 0 Å². The Balaban J connectivity index is 1.77. The van der Waals surface area contributed by atoms with Crippen molar-refractivity contribution in [2.45, 2.75) is 43.3 Å². The Morgan fingerprint density at radius 1 is 1.03 bits per heavy atom. The molecule has 6 heteroatoms. The predicted molar refractivity (Wildman–Crippen MR) is 133 cm³/mol. The highest BCUT2D eigenvalue weighted by Gasteiger charge is 2.20. The van der Waals surface area contributed by atoms with Crippen molar-refractivity contribution in [2.24, 2.45) is 5.73 Å². The Hall–Kier alpha value is -3.56. The number of benzene rings is 3. The van der Waals surface area contributed by atoms with Gasteiger partial charge >= 0.3 is 0 Å². The van der Waals surface area contributed by atoms with Crippen molar-refractivity contribution in [3.05, 3.63) is 94.5 Å². The van der Waals surface area contributed by atoms with Gasteiger partial charge in [0.05, 0.1) is 17.6 Å². The number of nitriles is 1. The molecule has 3 aromatic carbocycles. The Bertz CT molecular complexity index is 1180. The van der Waals surface area contributed by atoms with Crippen molar-refractivity contribution in [1.82, 2.24) is 0 Å². The smallest absolute Gasteiger partial charge is 0.249 e. The molecule has 0 spiro atoms. The number of rotatable bonds is 9. The molecule has 33 heavy (non-hydrogen) atoms. The normalized spacial score (nSPS) is 11.4. The lowest BCUT2D eigenvalue weighted by Crippen LogP contribution is -2.21. The minimum atomic E-state index is -0.524. The van der Waals surface area contributed by atoms with Crippen LogP contribution in [-0.4, -0.2) is 11.8 Å². The van der Waals surface area contributed by atoms with E-state index < -0.39 is 5.91 Å². The number of primary amides is 1. The van der Waals surface area contributed by atoms with Crippen LogP contribution in [0.5, 0.6) is 0 Å². The van der Waals surface area contributed by atoms with Crippen LogP contribution in [0.2, 0.25) is 0 Å². The molecule has 0 fully saturated rings. The molecular weight excluding hydrogens is 430 g/mol. The number of anilines is 1. The molecule has 1 unspecified atom stereocenters. The van der Waals surface area contributed by atoms with E-state index in [-0.39, 0.29) is 11.8 Å². The zero-order valence-electron chi connectivity index (χ0n) is 18.8. The molecule has 168 valence electrons. The van der Waals surface area contributed by atoms with Gasteiger partial charge in [-0.05, 0) is 59.9 Å². The lowest BCUT2D eigenvalue weighted by atomic mass is 9.94. The predicted octanol–water partition coefficient (Wildman–Crippen LogP) is 5.64. The standard InChI is InChI=1S/C27H27N3O2S/c1-3-19-7-5-6-8-25(19)33-17-21-13-14-22(15-24(21)26(29)31)30-27(32)23(4-2)20-11-9-18(16-28)10-12-20/h5-15,23H,3-4,17H2,1-2H3,(H2,29,31)(H,30,32). The second-order valence-electron chi connectivity index (χ2n) is 7.67. The van der Waals surface area contributed by atoms with Gasteiger partial charge in [0, 0.05) is 21.9 Å². The van der Waals surface area contributed by atoms with E-state index in [1.807, 2.05) is 25.1 Å². The van der Waals surface area contributed by atoms with Crippen molar-refractivity contribution >= 4 is 29.3 Å². The van der Waals surface area contributed by atoms with Crippen LogP contribution in [0.25, 0.3) is 0 Å². The topological polar surface area (TPSA) is 96.0 Å². The van der Waals surface area contributed by atoms with E-state index in [1.165, 1.54) is 10.5 Å². The number of carbonyl (C=O) groups excluding carboxylic acids is 2. The molecule has 3 aromatic rings. The Morgan fingerprint density at radius 2 is 1.76 bits per heavy atom. The highest BCUT2D eigenvalue weighted by atomic mass is 32.2. The van der Waals surface area contributed by atoms with Gasteiger partial charge in [-0.3, -0.25) is 9.59 Å². The summed E-state index contributed by atoms with van der Waals surface area (Å²) in [5.74, 6) is -0.455. The van der Waals surface area contributed by atoms with Gasteiger partial charge in [0.25, 0.3) is 0 Å². The van der Waals surface area contributed by atoms with Crippen LogP contribution in [0.15, 0.2) is 71.6 Å². The summed E-state index contributed by atoms with van der Waals surface area (Å²) < 4.78 is 0. The van der Waals surface area contributed by atoms with E-state index in [0.29, 0.717) is 29.0 Å². The Morgan fingerprint density at radius 3 is 2.39 bits per heavy atom. The summed E-state index contributed by atoms with van der Waals surface area (Å²) in [6.07, 6.45) is 1.54. The number of nitrogens with zero attached hydrogens (tertiary/aromatic N) is 1. The molecule has 2 amide bonds. The summed E-state index contributed by atoms with van der Waals surface area (Å²) in [7, 11) is 0. The maximum absolute atomic E-state index is 12.9. The number of nitrogens with two attached hydrogens (primary N) is 1. The molecule has 0 heterocycles. The molecule has 0 aromatic heterocycles. The number of hydrogen-bond acceptors (Lipinski definition) is 4. The molecule has 0 saturated carbocycles. The molecule has 5 nitrogen and oxygen atoms in total. The maximum atomic E-state index is 12.9. The van der Waals surface area contributed by atoms with Gasteiger partial charge < -0.3 is 11.1 Å². The lowest BCUT2D eigenvalue weighted by Gasteiger charge is -2.17. The highest BCUT2D eigenvalue weighted by Crippen LogP contribution is 2.29. The first-order valence-corrected chi connectivity index (χ1v) is 11.9. The van der Waals surface area contributed by atoms with Gasteiger partial charge in [-0.25, -0.2) is 0 Å². The molecular formula is C27H27N3O2S. The zero-order chi connectivity index (χ0) is 23.8. The number of hydrogen-bond donors (Lipinski definition) is 2. The summed E-state index contributed by atoms with van der Waals surface area (Å²) >= 11 is 1.67. The third kappa shape index (κ3) is 6.03. The number of aryl methyl sites for hydroxylation is 1. The second kappa shape index (κ2) is 11.3. The van der Waals surface area contributed by atoms with Crippen LogP contribution >= 0.6 is 11.8 Å². The lowest BCUT2D eigenvalue weighted by molar-refractivity contribution is -0.117. The number of carbonyl (C=O) groups is 2. The molecule has 3 N–H and O–H groups in total. The van der Waals surface area contributed by atoms with Gasteiger partial charge in [-0.2, -0.15) is 5.26 Å². The van der Waals surface area contributed by atoms with Crippen LogP contribution < -0.4 is 11.1 Å². The average molecular weight is 458 g/mol. The molecule has 0 aliphatic heterocycles. The van der Waals surface area contributed by atoms with Crippen LogP contribution in [0.4, 0.5) is 5.69 Å². The van der Waals surface area contributed by atoms with E-state index >= 15 is 0 Å². The second-order valence-corrected chi connectivity index (χ2v) is 8.69. The van der Waals surface area contributed by atoms with Crippen molar-refractivity contribution in [3.63, 3.8) is 0 Å². The summed E-state index contributed by atoms with van der Waals surface area (Å²) in [5.41, 5.74) is 10.1. The molecule has 1 atom stereocenters. The molecule has 0 aliphatic rings. The van der Waals surface area contributed by atoms with Crippen molar-refractivity contribution in [2.75, 3.05) is 5.32 Å². The molecule has 0 saturated heterocycles. The fourth-order valence-corrected chi connectivity index (χ4v) is 4.83. The first-order chi connectivity index (χ1) is 16.0. The van der Waals surface area contributed by atoms with Crippen LogP contribution in [0, 0.1) is 11.3 Å². The van der Waals surface area contributed by atoms with E-state index in [4.69, 9.17) is 11.0 Å². The monoisotopic (exact) mass is 457 g/mol. The van der Waals surface area contributed by atoms with Crippen LogP contribution in [0.3, 0.4) is 0 Å². The summed E-state index contributed by atoms with van der Waals surface area (Å²) in [6.45, 7) is 4.05. The van der Waals surface area contributed by atoms with E-state index in [1.54, 1.807) is 48.2 Å². The minimum absolute atomic E-state index is 0.170. The van der Waals surface area contributed by atoms with Gasteiger partial charge in [0.2, 0.25) is 11.8 Å². The van der Waals surface area contributed by atoms with Crippen molar-refractivity contribution in [3.8, 4) is 6.07 Å². The van der Waals surface area contributed by atoms with Gasteiger partial charge in [-0.15, -0.1) is 11.8 Å². The first-order valence-electron chi connectivity index (χ1n) is 10.9. The third-order valence-corrected chi connectivity index (χ3v) is 6.71. The fourth-order valence-electron chi connectivity index (χ4n) is 3.69. The summed E-state index contributed by atoms with van der Waals surface area (Å²) in [6, 6.07) is 22.6. The largest absolute Gasteiger partial charge is 0.366 e. The third-order valence-electron chi connectivity index (χ3n) is 5.55. The molecule has 0 bridgehead atoms. The zero-order valence-corrected chi connectivity index (χ0v) is 19.6. The minimum Gasteiger partial charge on any atom is -0.366 e. The summed E-state index contributed by atoms with van der Waals surface area (Å²) in [4.78, 5) is 26.3. The van der Waals surface area contributed by atoms with Crippen LogP contribution in [-0.2, 0) is 17.0 Å². The fraction of sp³-hybridized carbons (Fsp3) is 0.222. The molecule has 0 aliphatic carbocycles. The van der Waals surface area contributed by atoms with E-state index in [2.05, 4.69) is 30.4 Å². The summed E-state index contributed by atoms with van der Waals surface area (Å²) in [5, 5.41) is 11.9. The van der Waals surface area contributed by atoms with Gasteiger partial charge in [0.1, 0.15) is 0 Å². The van der Waals surface area contributed by atoms with Crippen molar-refractivity contribution in [1.29, 1.82) is 5.26 Å². The Kier molecular flexibility index (Phi) is 8.28. The van der Waals surface area contributed by atoms with Crippen LogP contribution in [0.1, 0.15) is 58.8 Å². The van der Waals surface area contributed by atoms with Gasteiger partial charge in [-0.1, -0.05) is 50.2 Å². The number of thioether (sulfide) groups is 1.